The predicted molar refractivity (Wildman–Crippen MR) is 33.4 cm³/mol. The van der Waals surface area contributed by atoms with Crippen molar-refractivity contribution in [1.29, 1.82) is 0 Å². The van der Waals surface area contributed by atoms with E-state index in [4.69, 9.17) is 0 Å². The summed E-state index contributed by atoms with van der Waals surface area (Å²) in [6.45, 7) is 3.27. The molecule has 0 aromatic heterocycles. The van der Waals surface area contributed by atoms with E-state index >= 15 is 0 Å². The first-order valence-electron chi connectivity index (χ1n) is 2.01. The third-order valence-corrected chi connectivity index (χ3v) is 0.541. The second kappa shape index (κ2) is 2.86. The molecule has 0 fully saturated rings. The molecule has 0 bridgehead atoms. The normalized spacial score (nSPS) is 11.6. The van der Waals surface area contributed by atoms with Crippen molar-refractivity contribution in [3.05, 3.63) is 11.0 Å². The van der Waals surface area contributed by atoms with Gasteiger partial charge in [-0.25, -0.2) is 0 Å². The van der Waals surface area contributed by atoms with Crippen LogP contribution in [0.25, 0.3) is 0 Å². The SMILES string of the molecule is CC(=O)/C=C(/C)S. The van der Waals surface area contributed by atoms with Crippen molar-refractivity contribution in [3.8, 4) is 0 Å². The molecule has 0 amide bonds. The van der Waals surface area contributed by atoms with Gasteiger partial charge in [-0.3, -0.25) is 4.79 Å². The molecule has 7 heavy (non-hydrogen) atoms. The molecule has 0 aromatic carbocycles. The van der Waals surface area contributed by atoms with Gasteiger partial charge in [0.25, 0.3) is 0 Å². The van der Waals surface area contributed by atoms with Crippen LogP contribution in [0.5, 0.6) is 0 Å². The summed E-state index contributed by atoms with van der Waals surface area (Å²) in [5.41, 5.74) is 0. The lowest BCUT2D eigenvalue weighted by molar-refractivity contribution is -0.112. The predicted octanol–water partition coefficient (Wildman–Crippen LogP) is 1.41. The Balaban J connectivity index is 3.68. The van der Waals surface area contributed by atoms with Gasteiger partial charge in [0, 0.05) is 0 Å². The molecule has 0 aromatic rings. The molecule has 0 aliphatic heterocycles. The van der Waals surface area contributed by atoms with E-state index in [1.54, 1.807) is 6.92 Å². The van der Waals surface area contributed by atoms with Gasteiger partial charge in [-0.05, 0) is 24.8 Å². The van der Waals surface area contributed by atoms with Gasteiger partial charge < -0.3 is 0 Å². The first-order valence-corrected chi connectivity index (χ1v) is 2.45. The maximum absolute atomic E-state index is 10.1. The minimum absolute atomic E-state index is 0.0486. The summed E-state index contributed by atoms with van der Waals surface area (Å²) in [7, 11) is 0. The fourth-order valence-electron chi connectivity index (χ4n) is 0.294. The number of carbonyl (C=O) groups is 1. The van der Waals surface area contributed by atoms with Gasteiger partial charge in [0.05, 0.1) is 0 Å². The number of carbonyl (C=O) groups excluding carboxylic acids is 1. The fourth-order valence-corrected chi connectivity index (χ4v) is 0.476. The zero-order valence-corrected chi connectivity index (χ0v) is 5.33. The number of ketones is 1. The molecule has 0 unspecified atom stereocenters. The monoisotopic (exact) mass is 116 g/mol. The lowest BCUT2D eigenvalue weighted by Crippen LogP contribution is -1.79. The average Bonchev–Trinajstić information content (AvgIpc) is 1.27. The van der Waals surface area contributed by atoms with E-state index in [-0.39, 0.29) is 5.78 Å². The Labute approximate surface area is 48.8 Å². The Hall–Kier alpha value is -0.240. The summed E-state index contributed by atoms with van der Waals surface area (Å²) in [6.07, 6.45) is 1.48. The van der Waals surface area contributed by atoms with Crippen molar-refractivity contribution in [2.24, 2.45) is 0 Å². The van der Waals surface area contributed by atoms with Gasteiger partial charge in [0.15, 0.2) is 5.78 Å². The van der Waals surface area contributed by atoms with E-state index in [1.165, 1.54) is 13.0 Å². The Kier molecular flexibility index (Phi) is 2.76. The van der Waals surface area contributed by atoms with Crippen LogP contribution in [0.4, 0.5) is 0 Å². The average molecular weight is 116 g/mol. The summed E-state index contributed by atoms with van der Waals surface area (Å²) in [5, 5.41) is 0. The molecule has 0 atom stereocenters. The highest BCUT2D eigenvalue weighted by Crippen LogP contribution is 1.95. The van der Waals surface area contributed by atoms with E-state index < -0.39 is 0 Å². The van der Waals surface area contributed by atoms with Crippen molar-refractivity contribution >= 4 is 18.4 Å². The van der Waals surface area contributed by atoms with Gasteiger partial charge >= 0.3 is 0 Å². The van der Waals surface area contributed by atoms with Crippen molar-refractivity contribution in [2.75, 3.05) is 0 Å². The first-order chi connectivity index (χ1) is 3.13. The maximum atomic E-state index is 10.1. The van der Waals surface area contributed by atoms with Crippen LogP contribution >= 0.6 is 12.6 Å². The zero-order valence-electron chi connectivity index (χ0n) is 4.43. The lowest BCUT2D eigenvalue weighted by Gasteiger charge is -1.79. The van der Waals surface area contributed by atoms with E-state index in [0.717, 1.165) is 4.91 Å². The van der Waals surface area contributed by atoms with E-state index in [1.807, 2.05) is 0 Å². The molecule has 0 aliphatic carbocycles. The number of hydrogen-bond donors (Lipinski definition) is 1. The van der Waals surface area contributed by atoms with Gasteiger partial charge in [0.2, 0.25) is 0 Å². The number of thiol groups is 1. The molecule has 40 valence electrons. The molecule has 0 saturated heterocycles. The minimum Gasteiger partial charge on any atom is -0.295 e. The molecule has 0 rings (SSSR count). The van der Waals surface area contributed by atoms with Crippen LogP contribution in [0, 0.1) is 0 Å². The van der Waals surface area contributed by atoms with Crippen LogP contribution in [-0.4, -0.2) is 5.78 Å². The van der Waals surface area contributed by atoms with Crippen molar-refractivity contribution in [3.63, 3.8) is 0 Å². The molecule has 1 nitrogen and oxygen atoms in total. The summed E-state index contributed by atoms with van der Waals surface area (Å²) >= 11 is 3.88. The number of rotatable bonds is 1. The highest BCUT2D eigenvalue weighted by atomic mass is 32.1. The van der Waals surface area contributed by atoms with Crippen LogP contribution in [0.2, 0.25) is 0 Å². The van der Waals surface area contributed by atoms with E-state index in [0.29, 0.717) is 0 Å². The molecule has 0 N–H and O–H groups in total. The largest absolute Gasteiger partial charge is 0.295 e. The van der Waals surface area contributed by atoms with Crippen LogP contribution in [-0.2, 0) is 4.79 Å². The van der Waals surface area contributed by atoms with Gasteiger partial charge in [-0.2, -0.15) is 0 Å². The smallest absolute Gasteiger partial charge is 0.153 e. The zero-order chi connectivity index (χ0) is 5.86. The summed E-state index contributed by atoms with van der Waals surface area (Å²) in [4.78, 5) is 10.9. The summed E-state index contributed by atoms with van der Waals surface area (Å²) < 4.78 is 0. The highest BCUT2D eigenvalue weighted by Gasteiger charge is 1.81. The second-order valence-electron chi connectivity index (χ2n) is 1.40. The highest BCUT2D eigenvalue weighted by molar-refractivity contribution is 7.84. The third-order valence-electron chi connectivity index (χ3n) is 0.412. The van der Waals surface area contributed by atoms with E-state index in [2.05, 4.69) is 12.6 Å². The van der Waals surface area contributed by atoms with Crippen LogP contribution in [0.15, 0.2) is 11.0 Å². The standard InChI is InChI=1S/C5H8OS/c1-4(6)3-5(2)7/h3,7H,1-2H3/b5-3-. The number of allylic oxidation sites excluding steroid dienone is 2. The Morgan fingerprint density at radius 2 is 2.00 bits per heavy atom. The minimum atomic E-state index is 0.0486. The van der Waals surface area contributed by atoms with Crippen LogP contribution < -0.4 is 0 Å². The van der Waals surface area contributed by atoms with Gasteiger partial charge in [-0.15, -0.1) is 12.6 Å². The lowest BCUT2D eigenvalue weighted by atomic mass is 10.4. The Bertz CT molecular complexity index is 101. The van der Waals surface area contributed by atoms with Crippen molar-refractivity contribution in [2.45, 2.75) is 13.8 Å². The third kappa shape index (κ3) is 5.76. The number of hydrogen-bond acceptors (Lipinski definition) is 2. The quantitative estimate of drug-likeness (QED) is 0.405. The summed E-state index contributed by atoms with van der Waals surface area (Å²) in [6, 6.07) is 0. The molecular formula is C5H8OS. The van der Waals surface area contributed by atoms with Crippen LogP contribution in [0.1, 0.15) is 13.8 Å². The molecule has 0 spiro atoms. The fraction of sp³-hybridized carbons (Fsp3) is 0.400. The maximum Gasteiger partial charge on any atom is 0.153 e. The van der Waals surface area contributed by atoms with Gasteiger partial charge in [0.1, 0.15) is 0 Å². The molecular weight excluding hydrogens is 108 g/mol. The molecule has 0 saturated carbocycles. The molecule has 0 radical (unpaired) electrons. The first kappa shape index (κ1) is 6.76. The summed E-state index contributed by atoms with van der Waals surface area (Å²) in [5.74, 6) is 0.0486. The van der Waals surface area contributed by atoms with Gasteiger partial charge in [-0.1, -0.05) is 0 Å². The topological polar surface area (TPSA) is 17.1 Å². The van der Waals surface area contributed by atoms with E-state index in [9.17, 15) is 4.79 Å². The second-order valence-corrected chi connectivity index (χ2v) is 2.10. The Morgan fingerprint density at radius 1 is 1.57 bits per heavy atom. The molecule has 0 heterocycles. The Morgan fingerprint density at radius 3 is 2.00 bits per heavy atom. The molecule has 2 heteroatoms. The van der Waals surface area contributed by atoms with Crippen molar-refractivity contribution < 1.29 is 4.79 Å². The van der Waals surface area contributed by atoms with Crippen LogP contribution in [0.3, 0.4) is 0 Å². The van der Waals surface area contributed by atoms with Crippen molar-refractivity contribution in [1.82, 2.24) is 0 Å². The molecule has 0 aliphatic rings.